The van der Waals surface area contributed by atoms with Gasteiger partial charge in [0.05, 0.1) is 16.8 Å². The number of rotatable bonds is 11. The monoisotopic (exact) mass is 620 g/mol. The molecule has 1 saturated heterocycles. The molecule has 44 heavy (non-hydrogen) atoms. The summed E-state index contributed by atoms with van der Waals surface area (Å²) < 4.78 is 13.3. The Morgan fingerprint density at radius 3 is 2.36 bits per heavy atom. The van der Waals surface area contributed by atoms with E-state index in [4.69, 9.17) is 5.73 Å². The summed E-state index contributed by atoms with van der Waals surface area (Å²) in [5.74, 6) is -1.79. The van der Waals surface area contributed by atoms with Gasteiger partial charge in [-0.15, -0.1) is 11.8 Å². The quantitative estimate of drug-likeness (QED) is 0.218. The van der Waals surface area contributed by atoms with Gasteiger partial charge in [-0.25, -0.2) is 9.18 Å². The Morgan fingerprint density at radius 1 is 0.977 bits per heavy atom. The van der Waals surface area contributed by atoms with Gasteiger partial charge < -0.3 is 26.8 Å². The summed E-state index contributed by atoms with van der Waals surface area (Å²) in [5.41, 5.74) is 10.2. The van der Waals surface area contributed by atoms with Gasteiger partial charge in [0, 0.05) is 19.0 Å². The zero-order valence-corrected chi connectivity index (χ0v) is 25.9. The molecule has 1 aliphatic heterocycles. The average molecular weight is 621 g/mol. The maximum absolute atomic E-state index is 13.8. The SMILES string of the molecule is Cc1ccccc1CNC(=O)[C@H]1CC(C(=O)[C@@H](O)C(Cc2ccccc2)NC(=O)NCc2ccc(F)cc2)CCSC1(C)N. The Morgan fingerprint density at radius 2 is 1.66 bits per heavy atom. The third kappa shape index (κ3) is 9.14. The number of carbonyl (C=O) groups excluding carboxylic acids is 3. The number of amides is 3. The van der Waals surface area contributed by atoms with Crippen molar-refractivity contribution in [3.05, 3.63) is 107 Å². The summed E-state index contributed by atoms with van der Waals surface area (Å²) in [6, 6.07) is 21.3. The molecular weight excluding hydrogens is 579 g/mol. The lowest BCUT2D eigenvalue weighted by atomic mass is 9.82. The highest BCUT2D eigenvalue weighted by molar-refractivity contribution is 8.00. The van der Waals surface area contributed by atoms with E-state index in [-0.39, 0.29) is 31.1 Å². The van der Waals surface area contributed by atoms with E-state index in [2.05, 4.69) is 16.0 Å². The van der Waals surface area contributed by atoms with Crippen LogP contribution in [-0.2, 0) is 29.1 Å². The van der Waals surface area contributed by atoms with E-state index in [9.17, 15) is 23.9 Å². The third-order valence-electron chi connectivity index (χ3n) is 8.18. The first-order valence-corrected chi connectivity index (χ1v) is 15.8. The second-order valence-corrected chi connectivity index (χ2v) is 13.1. The third-order valence-corrected chi connectivity index (χ3v) is 9.52. The van der Waals surface area contributed by atoms with Crippen LogP contribution in [0, 0.1) is 24.6 Å². The van der Waals surface area contributed by atoms with Crippen LogP contribution in [-0.4, -0.2) is 45.6 Å². The fourth-order valence-electron chi connectivity index (χ4n) is 5.45. The molecule has 234 valence electrons. The highest BCUT2D eigenvalue weighted by atomic mass is 32.2. The Kier molecular flexibility index (Phi) is 11.5. The fourth-order valence-corrected chi connectivity index (χ4v) is 6.70. The van der Waals surface area contributed by atoms with Crippen LogP contribution in [0.15, 0.2) is 78.9 Å². The number of aliphatic hydroxyl groups is 1. The van der Waals surface area contributed by atoms with Gasteiger partial charge in [0.25, 0.3) is 0 Å². The number of Topliss-reactive ketones (excluding diaryl/α,β-unsaturated/α-hetero) is 1. The van der Waals surface area contributed by atoms with E-state index in [1.807, 2.05) is 68.4 Å². The number of hydrogen-bond donors (Lipinski definition) is 5. The Labute approximate surface area is 262 Å². The van der Waals surface area contributed by atoms with Crippen LogP contribution >= 0.6 is 11.8 Å². The predicted molar refractivity (Wildman–Crippen MR) is 171 cm³/mol. The minimum absolute atomic E-state index is 0.141. The minimum atomic E-state index is -1.51. The Bertz CT molecular complexity index is 1420. The average Bonchev–Trinajstić information content (AvgIpc) is 3.17. The summed E-state index contributed by atoms with van der Waals surface area (Å²) in [6.07, 6.45) is -0.665. The van der Waals surface area contributed by atoms with Crippen molar-refractivity contribution in [3.8, 4) is 0 Å². The van der Waals surface area contributed by atoms with Crippen LogP contribution in [0.5, 0.6) is 0 Å². The number of urea groups is 1. The number of ketones is 1. The molecule has 3 aromatic rings. The van der Waals surface area contributed by atoms with Crippen LogP contribution in [0.4, 0.5) is 9.18 Å². The van der Waals surface area contributed by atoms with E-state index in [1.54, 1.807) is 12.1 Å². The van der Waals surface area contributed by atoms with Gasteiger partial charge in [0.15, 0.2) is 5.78 Å². The van der Waals surface area contributed by atoms with Gasteiger partial charge in [-0.3, -0.25) is 9.59 Å². The van der Waals surface area contributed by atoms with Crippen molar-refractivity contribution >= 4 is 29.5 Å². The van der Waals surface area contributed by atoms with Crippen LogP contribution in [0.25, 0.3) is 0 Å². The molecule has 1 heterocycles. The smallest absolute Gasteiger partial charge is 0.315 e. The van der Waals surface area contributed by atoms with Crippen LogP contribution < -0.4 is 21.7 Å². The minimum Gasteiger partial charge on any atom is -0.383 e. The highest BCUT2D eigenvalue weighted by Crippen LogP contribution is 2.39. The topological polar surface area (TPSA) is 134 Å². The Balaban J connectivity index is 1.46. The molecule has 10 heteroatoms. The van der Waals surface area contributed by atoms with E-state index in [1.165, 1.54) is 23.9 Å². The molecule has 3 amide bonds. The van der Waals surface area contributed by atoms with Crippen LogP contribution in [0.2, 0.25) is 0 Å². The maximum atomic E-state index is 13.8. The normalized spacial score (nSPS) is 21.4. The first-order valence-electron chi connectivity index (χ1n) is 14.8. The molecule has 0 radical (unpaired) electrons. The number of halogens is 1. The van der Waals surface area contributed by atoms with Crippen molar-refractivity contribution in [1.82, 2.24) is 16.0 Å². The van der Waals surface area contributed by atoms with Crippen LogP contribution in [0.1, 0.15) is 42.0 Å². The van der Waals surface area contributed by atoms with Crippen molar-refractivity contribution in [2.45, 2.75) is 63.2 Å². The number of carbonyl (C=O) groups is 3. The molecule has 0 saturated carbocycles. The number of thioether (sulfide) groups is 1. The zero-order chi connectivity index (χ0) is 31.7. The lowest BCUT2D eigenvalue weighted by Gasteiger charge is -2.32. The highest BCUT2D eigenvalue weighted by Gasteiger charge is 2.43. The lowest BCUT2D eigenvalue weighted by Crippen LogP contribution is -2.53. The number of benzene rings is 3. The second-order valence-electron chi connectivity index (χ2n) is 11.5. The van der Waals surface area contributed by atoms with E-state index in [0.717, 1.165) is 16.7 Å². The first kappa shape index (κ1) is 33.2. The number of nitrogens with one attached hydrogen (secondary N) is 3. The van der Waals surface area contributed by atoms with Gasteiger partial charge in [0.1, 0.15) is 11.9 Å². The molecule has 0 spiro atoms. The second kappa shape index (κ2) is 15.3. The fraction of sp³-hybridized carbons (Fsp3) is 0.382. The molecule has 3 unspecified atom stereocenters. The first-order chi connectivity index (χ1) is 21.0. The van der Waals surface area contributed by atoms with E-state index < -0.39 is 40.7 Å². The predicted octanol–water partition coefficient (Wildman–Crippen LogP) is 4.23. The molecule has 1 aliphatic rings. The number of hydrogen-bond acceptors (Lipinski definition) is 6. The zero-order valence-electron chi connectivity index (χ0n) is 25.1. The van der Waals surface area contributed by atoms with Gasteiger partial charge in [0.2, 0.25) is 5.91 Å². The van der Waals surface area contributed by atoms with E-state index >= 15 is 0 Å². The van der Waals surface area contributed by atoms with Gasteiger partial charge in [-0.2, -0.15) is 0 Å². The molecule has 1 fully saturated rings. The number of aliphatic hydroxyl groups excluding tert-OH is 1. The molecule has 0 bridgehead atoms. The molecule has 3 aromatic carbocycles. The largest absolute Gasteiger partial charge is 0.383 e. The molecule has 6 N–H and O–H groups in total. The number of aryl methyl sites for hydroxylation is 1. The lowest BCUT2D eigenvalue weighted by molar-refractivity contribution is -0.134. The van der Waals surface area contributed by atoms with Crippen molar-refractivity contribution < 1.29 is 23.9 Å². The standard InChI is InChI=1S/C34H41FN4O4S/c1-22-8-6-7-11-26(22)21-37-32(42)28-19-25(16-17-44-34(28,2)36)30(40)31(41)29(18-23-9-4-3-5-10-23)39-33(43)38-20-24-12-14-27(35)15-13-24/h3-15,25,28-29,31,41H,16-21,36H2,1-2H3,(H,37,42)(H2,38,39,43)/t25?,28-,29?,31+,34?/m1/s1. The summed E-state index contributed by atoms with van der Waals surface area (Å²) in [4.78, 5) is 39.3. The van der Waals surface area contributed by atoms with Crippen LogP contribution in [0.3, 0.4) is 0 Å². The van der Waals surface area contributed by atoms with Crippen molar-refractivity contribution in [3.63, 3.8) is 0 Å². The summed E-state index contributed by atoms with van der Waals surface area (Å²) >= 11 is 1.44. The number of nitrogens with two attached hydrogens (primary N) is 1. The summed E-state index contributed by atoms with van der Waals surface area (Å²) in [5, 5.41) is 19.9. The summed E-state index contributed by atoms with van der Waals surface area (Å²) in [6.45, 7) is 4.28. The molecule has 8 nitrogen and oxygen atoms in total. The molecule has 4 rings (SSSR count). The summed E-state index contributed by atoms with van der Waals surface area (Å²) in [7, 11) is 0. The van der Waals surface area contributed by atoms with E-state index in [0.29, 0.717) is 24.3 Å². The Hall–Kier alpha value is -3.73. The van der Waals surface area contributed by atoms with Gasteiger partial charge >= 0.3 is 6.03 Å². The molecule has 5 atom stereocenters. The molecule has 0 aliphatic carbocycles. The maximum Gasteiger partial charge on any atom is 0.315 e. The molecule has 0 aromatic heterocycles. The van der Waals surface area contributed by atoms with Crippen molar-refractivity contribution in [2.24, 2.45) is 17.6 Å². The molecular formula is C34H41FN4O4S. The van der Waals surface area contributed by atoms with Gasteiger partial charge in [-0.1, -0.05) is 66.7 Å². The van der Waals surface area contributed by atoms with Crippen molar-refractivity contribution in [1.29, 1.82) is 0 Å². The van der Waals surface area contributed by atoms with Gasteiger partial charge in [-0.05, 0) is 73.2 Å². The van der Waals surface area contributed by atoms with Crippen molar-refractivity contribution in [2.75, 3.05) is 5.75 Å².